The Labute approximate surface area is 383 Å². The highest BCUT2D eigenvalue weighted by molar-refractivity contribution is 5.80. The van der Waals surface area contributed by atoms with Crippen molar-refractivity contribution in [2.24, 2.45) is 0 Å². The minimum absolute atomic E-state index is 0.111. The molecule has 2 saturated heterocycles. The molecule has 348 valence electrons. The fourth-order valence-electron chi connectivity index (χ4n) is 8.97. The monoisotopic (exact) mass is 903 g/mol. The fourth-order valence-corrected chi connectivity index (χ4v) is 8.97. The molecular weight excluding hydrogens is 846 g/mol. The average Bonchev–Trinajstić information content (AvgIpc) is 4.10. The molecule has 2 aliphatic rings. The smallest absolute Gasteiger partial charge is 0.295 e. The second-order valence-corrected chi connectivity index (χ2v) is 16.6. The van der Waals surface area contributed by atoms with Gasteiger partial charge < -0.3 is 48.1 Å². The van der Waals surface area contributed by atoms with Gasteiger partial charge in [-0.1, -0.05) is 0 Å². The molecular formula is C49H58FN9O7. The van der Waals surface area contributed by atoms with E-state index in [2.05, 4.69) is 42.5 Å². The molecule has 7 aromatic rings. The molecule has 1 atom stereocenters. The second kappa shape index (κ2) is 20.4. The van der Waals surface area contributed by atoms with Crippen LogP contribution < -0.4 is 29.6 Å². The van der Waals surface area contributed by atoms with Crippen LogP contribution in [0.15, 0.2) is 82.2 Å². The van der Waals surface area contributed by atoms with Gasteiger partial charge in [0.2, 0.25) is 5.82 Å². The van der Waals surface area contributed by atoms with E-state index < -0.39 is 11.9 Å². The van der Waals surface area contributed by atoms with Crippen LogP contribution in [0.5, 0.6) is 23.0 Å². The van der Waals surface area contributed by atoms with Crippen LogP contribution in [0.25, 0.3) is 27.9 Å². The Bertz CT molecular complexity index is 2660. The summed E-state index contributed by atoms with van der Waals surface area (Å²) in [5.41, 5.74) is 5.40. The summed E-state index contributed by atoms with van der Waals surface area (Å²) in [6.07, 6.45) is 9.40. The minimum atomic E-state index is -1.27. The SMILES string of the molecule is CCOc1cc(CN2CCC(Nc3nc4ccnc(C(O)c5nccc6nc(NC7CCN(Cc8cc(OCC)c(-n9cccc9)c(OCC)c8)CC7)oc56)c4o3)CC2)cc(OCC)c1F. The van der Waals surface area contributed by atoms with Crippen molar-refractivity contribution in [2.75, 3.05) is 63.2 Å². The van der Waals surface area contributed by atoms with Crippen molar-refractivity contribution in [2.45, 2.75) is 84.7 Å². The summed E-state index contributed by atoms with van der Waals surface area (Å²) in [5, 5.41) is 18.8. The molecule has 0 saturated carbocycles. The number of anilines is 2. The first-order chi connectivity index (χ1) is 32.3. The molecule has 2 fully saturated rings. The molecule has 0 bridgehead atoms. The Morgan fingerprint density at radius 3 is 1.48 bits per heavy atom. The van der Waals surface area contributed by atoms with Gasteiger partial charge in [-0.15, -0.1) is 0 Å². The first-order valence-electron chi connectivity index (χ1n) is 23.1. The summed E-state index contributed by atoms with van der Waals surface area (Å²) >= 11 is 0. The summed E-state index contributed by atoms with van der Waals surface area (Å²) in [6, 6.07) is 16.3. The van der Waals surface area contributed by atoms with Gasteiger partial charge in [-0.2, -0.15) is 14.4 Å². The molecule has 2 aromatic carbocycles. The highest BCUT2D eigenvalue weighted by Gasteiger charge is 2.28. The van der Waals surface area contributed by atoms with Crippen molar-refractivity contribution in [3.8, 4) is 28.7 Å². The highest BCUT2D eigenvalue weighted by Crippen LogP contribution is 2.37. The van der Waals surface area contributed by atoms with E-state index in [4.69, 9.17) is 37.7 Å². The van der Waals surface area contributed by atoms with Crippen LogP contribution in [0.4, 0.5) is 16.4 Å². The number of hydrogen-bond acceptors (Lipinski definition) is 15. The predicted octanol–water partition coefficient (Wildman–Crippen LogP) is 8.52. The lowest BCUT2D eigenvalue weighted by Gasteiger charge is -2.32. The van der Waals surface area contributed by atoms with Gasteiger partial charge in [0.15, 0.2) is 22.7 Å². The fraction of sp³-hybridized carbons (Fsp3) is 0.429. The minimum Gasteiger partial charge on any atom is -0.492 e. The zero-order valence-corrected chi connectivity index (χ0v) is 38.0. The number of rotatable bonds is 19. The number of aromatic nitrogens is 5. The van der Waals surface area contributed by atoms with Crippen molar-refractivity contribution in [1.29, 1.82) is 0 Å². The molecule has 66 heavy (non-hydrogen) atoms. The molecule has 9 rings (SSSR count). The van der Waals surface area contributed by atoms with Gasteiger partial charge in [0.1, 0.15) is 45.7 Å². The first-order valence-corrected chi connectivity index (χ1v) is 23.1. The lowest BCUT2D eigenvalue weighted by atomic mass is 10.0. The van der Waals surface area contributed by atoms with Gasteiger partial charge in [-0.25, -0.2) is 0 Å². The summed E-state index contributed by atoms with van der Waals surface area (Å²) < 4.78 is 52.7. The van der Waals surface area contributed by atoms with Crippen molar-refractivity contribution in [3.05, 3.63) is 102 Å². The van der Waals surface area contributed by atoms with E-state index in [0.29, 0.717) is 67.2 Å². The zero-order valence-electron chi connectivity index (χ0n) is 38.0. The third-order valence-corrected chi connectivity index (χ3v) is 12.1. The molecule has 2 aliphatic heterocycles. The number of oxazole rings is 2. The van der Waals surface area contributed by atoms with E-state index in [1.807, 2.05) is 56.8 Å². The molecule has 1 unspecified atom stereocenters. The van der Waals surface area contributed by atoms with Gasteiger partial charge in [-0.3, -0.25) is 19.8 Å². The van der Waals surface area contributed by atoms with Crippen LogP contribution in [0.2, 0.25) is 0 Å². The van der Waals surface area contributed by atoms with Crippen molar-refractivity contribution in [3.63, 3.8) is 0 Å². The molecule has 5 aromatic heterocycles. The van der Waals surface area contributed by atoms with Crippen molar-refractivity contribution in [1.82, 2.24) is 34.3 Å². The van der Waals surface area contributed by atoms with Crippen molar-refractivity contribution < 1.29 is 37.3 Å². The Morgan fingerprint density at radius 2 is 1.06 bits per heavy atom. The quantitative estimate of drug-likeness (QED) is 0.0705. The van der Waals surface area contributed by atoms with Gasteiger partial charge in [-0.05, 0) is 113 Å². The van der Waals surface area contributed by atoms with E-state index in [0.717, 1.165) is 86.7 Å². The van der Waals surface area contributed by atoms with Crippen LogP contribution in [-0.2, 0) is 13.1 Å². The zero-order chi connectivity index (χ0) is 45.6. The number of nitrogens with one attached hydrogen (secondary N) is 2. The lowest BCUT2D eigenvalue weighted by molar-refractivity contribution is 0.208. The number of piperidine rings is 2. The summed E-state index contributed by atoms with van der Waals surface area (Å²) in [7, 11) is 0. The normalized spacial score (nSPS) is 15.9. The molecule has 16 nitrogen and oxygen atoms in total. The maximum Gasteiger partial charge on any atom is 0.295 e. The van der Waals surface area contributed by atoms with E-state index in [1.165, 1.54) is 0 Å². The van der Waals surface area contributed by atoms with E-state index in [1.54, 1.807) is 36.7 Å². The van der Waals surface area contributed by atoms with E-state index in [-0.39, 0.29) is 35.0 Å². The van der Waals surface area contributed by atoms with Crippen LogP contribution >= 0.6 is 0 Å². The molecule has 3 N–H and O–H groups in total. The maximum absolute atomic E-state index is 14.8. The number of aliphatic hydroxyl groups excluding tert-OH is 1. The maximum atomic E-state index is 14.8. The number of fused-ring (bicyclic) bond motifs is 2. The second-order valence-electron chi connectivity index (χ2n) is 16.6. The van der Waals surface area contributed by atoms with E-state index >= 15 is 0 Å². The third-order valence-electron chi connectivity index (χ3n) is 12.1. The molecule has 17 heteroatoms. The number of ether oxygens (including phenoxy) is 4. The summed E-state index contributed by atoms with van der Waals surface area (Å²) in [6.45, 7) is 14.3. The molecule has 0 spiro atoms. The Hall–Kier alpha value is -6.43. The number of hydrogen-bond donors (Lipinski definition) is 3. The van der Waals surface area contributed by atoms with Gasteiger partial charge in [0.25, 0.3) is 12.0 Å². The summed E-state index contributed by atoms with van der Waals surface area (Å²) in [5.74, 6) is 1.55. The number of nitrogens with zero attached hydrogens (tertiary/aromatic N) is 7. The van der Waals surface area contributed by atoms with Crippen LogP contribution in [0.3, 0.4) is 0 Å². The number of halogens is 1. The largest absolute Gasteiger partial charge is 0.492 e. The lowest BCUT2D eigenvalue weighted by Crippen LogP contribution is -2.38. The molecule has 7 heterocycles. The predicted molar refractivity (Wildman–Crippen MR) is 248 cm³/mol. The topological polar surface area (TPSA) is 170 Å². The standard InChI is InChI=1S/C49H58FN9O7/c1-5-61-37-25-31(26-38(41(37)50)62-6-2)29-57-21-13-33(14-22-57)53-48-55-35-11-17-51-42(46(35)65-48)45(60)43-47-36(12-18-52-43)56-49(66-47)54-34-15-23-58(24-16-34)30-32-27-39(63-7-3)44(40(28-32)64-8-4)59-19-9-10-20-59/h9-12,17-20,25-28,33-34,45,60H,5-8,13-16,21-24,29-30H2,1-4H3,(H,53,55)(H,54,56). The Kier molecular flexibility index (Phi) is 13.8. The van der Waals surface area contributed by atoms with Crippen LogP contribution in [-0.4, -0.2) is 104 Å². The van der Waals surface area contributed by atoms with Gasteiger partial charge >= 0.3 is 0 Å². The molecule has 0 aliphatic carbocycles. The highest BCUT2D eigenvalue weighted by atomic mass is 19.1. The third kappa shape index (κ3) is 9.88. The number of likely N-dealkylation sites (tertiary alicyclic amines) is 2. The van der Waals surface area contributed by atoms with Gasteiger partial charge in [0, 0.05) is 76.1 Å². The molecule has 0 amide bonds. The first kappa shape index (κ1) is 44.8. The van der Waals surface area contributed by atoms with Gasteiger partial charge in [0.05, 0.1) is 26.4 Å². The number of benzene rings is 2. The number of aliphatic hydroxyl groups is 1. The van der Waals surface area contributed by atoms with Crippen LogP contribution in [0.1, 0.15) is 82.0 Å². The number of pyridine rings is 2. The Balaban J connectivity index is 0.819. The van der Waals surface area contributed by atoms with Crippen molar-refractivity contribution >= 4 is 34.2 Å². The molecule has 0 radical (unpaired) electrons. The van der Waals surface area contributed by atoms with Crippen LogP contribution in [0, 0.1) is 5.82 Å². The summed E-state index contributed by atoms with van der Waals surface area (Å²) in [4.78, 5) is 23.3. The Morgan fingerprint density at radius 1 is 0.652 bits per heavy atom. The van der Waals surface area contributed by atoms with E-state index in [9.17, 15) is 9.50 Å². The average molecular weight is 904 g/mol.